The number of benzene rings is 1. The summed E-state index contributed by atoms with van der Waals surface area (Å²) in [5.74, 6) is 0.669. The Hall–Kier alpha value is -2.66. The van der Waals surface area contributed by atoms with Crippen LogP contribution in [0.25, 0.3) is 10.9 Å². The Morgan fingerprint density at radius 1 is 1.28 bits per heavy atom. The second-order valence-corrected chi connectivity index (χ2v) is 9.78. The number of nitrogens with zero attached hydrogens (tertiary/aromatic N) is 2. The smallest absolute Gasteiger partial charge is 0.405 e. The van der Waals surface area contributed by atoms with E-state index in [1.807, 2.05) is 6.07 Å². The van der Waals surface area contributed by atoms with Crippen LogP contribution in [0.3, 0.4) is 0 Å². The van der Waals surface area contributed by atoms with Gasteiger partial charge in [0, 0.05) is 47.0 Å². The molecule has 2 heterocycles. The summed E-state index contributed by atoms with van der Waals surface area (Å²) in [5.41, 5.74) is 3.18. The number of nitrogens with one attached hydrogen (secondary N) is 2. The summed E-state index contributed by atoms with van der Waals surface area (Å²) in [6.07, 6.45) is 9.18. The highest BCUT2D eigenvalue weighted by molar-refractivity contribution is 7.98. The first-order valence-corrected chi connectivity index (χ1v) is 12.6. The van der Waals surface area contributed by atoms with Gasteiger partial charge in [0.2, 0.25) is 5.91 Å². The van der Waals surface area contributed by atoms with E-state index < -0.39 is 11.6 Å². The molecule has 2 fully saturated rings. The number of nitriles is 1. The molecule has 2 aromatic rings. The third-order valence-electron chi connectivity index (χ3n) is 6.77. The molecule has 32 heavy (non-hydrogen) atoms. The Bertz CT molecular complexity index is 1050. The van der Waals surface area contributed by atoms with Gasteiger partial charge in [0.15, 0.2) is 0 Å². The van der Waals surface area contributed by atoms with Gasteiger partial charge in [0.25, 0.3) is 0 Å². The van der Waals surface area contributed by atoms with Crippen LogP contribution in [0.5, 0.6) is 0 Å². The van der Waals surface area contributed by atoms with Crippen molar-refractivity contribution in [2.24, 2.45) is 5.92 Å². The number of H-pyrrole nitrogens is 1. The third kappa shape index (κ3) is 4.73. The minimum absolute atomic E-state index is 0.275. The SMILES string of the molecule is CSc1cccc2c3c([nH]c12)CCN(C(=O)C1CCCCC1)C3.N#CC1(NC(=O)O)CC1. The van der Waals surface area contributed by atoms with Crippen LogP contribution in [0.4, 0.5) is 4.79 Å². The molecule has 3 N–H and O–H groups in total. The lowest BCUT2D eigenvalue weighted by atomic mass is 9.87. The number of hydrogen-bond donors (Lipinski definition) is 3. The fourth-order valence-electron chi connectivity index (χ4n) is 4.77. The lowest BCUT2D eigenvalue weighted by molar-refractivity contribution is -0.137. The Kier molecular flexibility index (Phi) is 6.66. The first-order chi connectivity index (χ1) is 15.5. The van der Waals surface area contributed by atoms with Crippen molar-refractivity contribution in [3.63, 3.8) is 0 Å². The molecule has 5 rings (SSSR count). The highest BCUT2D eigenvalue weighted by Crippen LogP contribution is 2.35. The maximum Gasteiger partial charge on any atom is 0.405 e. The van der Waals surface area contributed by atoms with Crippen molar-refractivity contribution in [2.75, 3.05) is 12.8 Å². The number of aromatic amines is 1. The van der Waals surface area contributed by atoms with Crippen molar-refractivity contribution in [2.45, 2.75) is 68.3 Å². The van der Waals surface area contributed by atoms with Crippen LogP contribution in [0.1, 0.15) is 56.2 Å². The summed E-state index contributed by atoms with van der Waals surface area (Å²) >= 11 is 1.78. The largest absolute Gasteiger partial charge is 0.465 e. The fraction of sp³-hybridized carbons (Fsp3) is 0.542. The van der Waals surface area contributed by atoms with E-state index in [0.717, 1.165) is 32.4 Å². The Labute approximate surface area is 192 Å². The molecule has 0 bridgehead atoms. The molecule has 2 amide bonds. The lowest BCUT2D eigenvalue weighted by Gasteiger charge is -2.32. The van der Waals surface area contributed by atoms with E-state index >= 15 is 0 Å². The Morgan fingerprint density at radius 3 is 2.62 bits per heavy atom. The van der Waals surface area contributed by atoms with E-state index in [1.165, 1.54) is 46.3 Å². The third-order valence-corrected chi connectivity index (χ3v) is 7.55. The van der Waals surface area contributed by atoms with Crippen LogP contribution in [0.15, 0.2) is 23.1 Å². The number of aromatic nitrogens is 1. The van der Waals surface area contributed by atoms with Crippen molar-refractivity contribution in [3.05, 3.63) is 29.5 Å². The topological polar surface area (TPSA) is 109 Å². The van der Waals surface area contributed by atoms with Crippen molar-refractivity contribution in [3.8, 4) is 6.07 Å². The summed E-state index contributed by atoms with van der Waals surface area (Å²) in [7, 11) is 0. The highest BCUT2D eigenvalue weighted by atomic mass is 32.2. The number of carbonyl (C=O) groups is 2. The van der Waals surface area contributed by atoms with Gasteiger partial charge in [-0.2, -0.15) is 5.26 Å². The minimum Gasteiger partial charge on any atom is -0.465 e. The lowest BCUT2D eigenvalue weighted by Crippen LogP contribution is -2.40. The van der Waals surface area contributed by atoms with Crippen LogP contribution in [-0.4, -0.2) is 45.3 Å². The number of carboxylic acid groups (broad SMARTS) is 1. The van der Waals surface area contributed by atoms with E-state index in [2.05, 4.69) is 39.7 Å². The minimum atomic E-state index is -1.12. The van der Waals surface area contributed by atoms with Gasteiger partial charge < -0.3 is 20.3 Å². The molecule has 170 valence electrons. The monoisotopic (exact) mass is 454 g/mol. The fourth-order valence-corrected chi connectivity index (χ4v) is 5.35. The van der Waals surface area contributed by atoms with Crippen molar-refractivity contribution in [1.29, 1.82) is 5.26 Å². The van der Waals surface area contributed by atoms with Crippen molar-refractivity contribution in [1.82, 2.24) is 15.2 Å². The maximum absolute atomic E-state index is 12.9. The first kappa shape index (κ1) is 22.5. The van der Waals surface area contributed by atoms with Crippen LogP contribution in [0, 0.1) is 17.2 Å². The summed E-state index contributed by atoms with van der Waals surface area (Å²) < 4.78 is 0. The second-order valence-electron chi connectivity index (χ2n) is 8.93. The molecule has 0 radical (unpaired) electrons. The van der Waals surface area contributed by atoms with E-state index in [1.54, 1.807) is 11.8 Å². The van der Waals surface area contributed by atoms with Gasteiger partial charge in [-0.05, 0) is 38.0 Å². The zero-order chi connectivity index (χ0) is 22.7. The van der Waals surface area contributed by atoms with Crippen molar-refractivity contribution >= 4 is 34.7 Å². The van der Waals surface area contributed by atoms with Crippen molar-refractivity contribution < 1.29 is 14.7 Å². The number of carbonyl (C=O) groups excluding carboxylic acids is 1. The zero-order valence-corrected chi connectivity index (χ0v) is 19.3. The molecule has 0 spiro atoms. The molecule has 1 aliphatic heterocycles. The van der Waals surface area contributed by atoms with Crippen LogP contribution in [0.2, 0.25) is 0 Å². The maximum atomic E-state index is 12.9. The predicted molar refractivity (Wildman–Crippen MR) is 125 cm³/mol. The average Bonchev–Trinajstić information content (AvgIpc) is 3.49. The number of thioether (sulfide) groups is 1. The van der Waals surface area contributed by atoms with E-state index in [4.69, 9.17) is 10.4 Å². The summed E-state index contributed by atoms with van der Waals surface area (Å²) in [4.78, 5) is 29.8. The molecule has 8 heteroatoms. The molecule has 2 saturated carbocycles. The standard InChI is InChI=1S/C19H24N2OS.C5H6N2O2/c1-23-17-9-5-8-14-15-12-21(11-10-16(15)20-18(14)17)19(22)13-6-3-2-4-7-13;6-3-5(1-2-5)7-4(8)9/h5,8-9,13,20H,2-4,6-7,10-12H2,1H3;7H,1-2H2,(H,8,9). The molecule has 7 nitrogen and oxygen atoms in total. The number of para-hydroxylation sites is 1. The predicted octanol–water partition coefficient (Wildman–Crippen LogP) is 4.66. The molecule has 0 atom stereocenters. The quantitative estimate of drug-likeness (QED) is 0.584. The van der Waals surface area contributed by atoms with Gasteiger partial charge in [-0.25, -0.2) is 4.79 Å². The zero-order valence-electron chi connectivity index (χ0n) is 18.4. The number of amides is 2. The summed E-state index contributed by atoms with van der Waals surface area (Å²) in [6, 6.07) is 8.38. The van der Waals surface area contributed by atoms with Gasteiger partial charge in [0.1, 0.15) is 5.54 Å². The highest BCUT2D eigenvalue weighted by Gasteiger charge is 2.44. The first-order valence-electron chi connectivity index (χ1n) is 11.3. The van der Waals surface area contributed by atoms with Crippen LogP contribution >= 0.6 is 11.8 Å². The van der Waals surface area contributed by atoms with Gasteiger partial charge >= 0.3 is 6.09 Å². The number of rotatable bonds is 3. The molecule has 2 aliphatic carbocycles. The van der Waals surface area contributed by atoms with Gasteiger partial charge in [-0.1, -0.05) is 31.4 Å². The molecule has 1 aromatic carbocycles. The molecular weight excluding hydrogens is 424 g/mol. The molecule has 0 unspecified atom stereocenters. The van der Waals surface area contributed by atoms with Gasteiger partial charge in [-0.15, -0.1) is 11.8 Å². The van der Waals surface area contributed by atoms with Crippen LogP contribution in [-0.2, 0) is 17.8 Å². The van der Waals surface area contributed by atoms with Gasteiger partial charge in [-0.3, -0.25) is 4.79 Å². The molecule has 3 aliphatic rings. The van der Waals surface area contributed by atoms with Crippen LogP contribution < -0.4 is 5.32 Å². The number of hydrogen-bond acceptors (Lipinski definition) is 4. The Morgan fingerprint density at radius 2 is 2.03 bits per heavy atom. The molecule has 1 aromatic heterocycles. The van der Waals surface area contributed by atoms with E-state index in [-0.39, 0.29) is 5.92 Å². The normalized spacial score (nSPS) is 19.3. The van der Waals surface area contributed by atoms with Gasteiger partial charge in [0.05, 0.1) is 11.6 Å². The van der Waals surface area contributed by atoms with E-state index in [9.17, 15) is 9.59 Å². The summed E-state index contributed by atoms with van der Waals surface area (Å²) in [6.45, 7) is 1.65. The average molecular weight is 455 g/mol. The summed E-state index contributed by atoms with van der Waals surface area (Å²) in [5, 5.41) is 19.9. The molecule has 0 saturated heterocycles. The Balaban J connectivity index is 0.000000230. The number of fused-ring (bicyclic) bond motifs is 3. The molecular formula is C24H30N4O3S. The second kappa shape index (κ2) is 9.45. The van der Waals surface area contributed by atoms with E-state index in [0.29, 0.717) is 18.7 Å².